The minimum atomic E-state index is -1.55. The predicted molar refractivity (Wildman–Crippen MR) is 106 cm³/mol. The van der Waals surface area contributed by atoms with E-state index in [4.69, 9.17) is 4.42 Å². The van der Waals surface area contributed by atoms with E-state index in [1.165, 1.54) is 44.4 Å². The number of oxazole rings is 1. The van der Waals surface area contributed by atoms with E-state index in [9.17, 15) is 24.0 Å². The van der Waals surface area contributed by atoms with Crippen LogP contribution in [0.1, 0.15) is 57.0 Å². The normalized spacial score (nSPS) is 19.2. The fourth-order valence-electron chi connectivity index (χ4n) is 4.27. The molecular formula is C22H25NO6. The molecule has 0 atom stereocenters. The Bertz CT molecular complexity index is 1100. The van der Waals surface area contributed by atoms with Crippen molar-refractivity contribution in [3.63, 3.8) is 0 Å². The molecule has 1 saturated carbocycles. The summed E-state index contributed by atoms with van der Waals surface area (Å²) in [6, 6.07) is 2.97. The van der Waals surface area contributed by atoms with Crippen molar-refractivity contribution in [3.05, 3.63) is 33.8 Å². The summed E-state index contributed by atoms with van der Waals surface area (Å²) in [5.74, 6) is -4.57. The first-order valence-corrected chi connectivity index (χ1v) is 9.68. The number of fused-ring (bicyclic) bond motifs is 1. The van der Waals surface area contributed by atoms with Gasteiger partial charge >= 0.3 is 5.76 Å². The van der Waals surface area contributed by atoms with Gasteiger partial charge in [0.05, 0.1) is 16.3 Å². The summed E-state index contributed by atoms with van der Waals surface area (Å²) in [7, 11) is 0. The van der Waals surface area contributed by atoms with E-state index in [2.05, 4.69) is 0 Å². The zero-order valence-electron chi connectivity index (χ0n) is 17.5. The van der Waals surface area contributed by atoms with Crippen LogP contribution < -0.4 is 5.76 Å². The van der Waals surface area contributed by atoms with Crippen molar-refractivity contribution < 1.29 is 23.6 Å². The van der Waals surface area contributed by atoms with Crippen LogP contribution in [0.15, 0.2) is 21.3 Å². The number of aromatic nitrogens is 1. The van der Waals surface area contributed by atoms with Crippen LogP contribution in [0.25, 0.3) is 11.1 Å². The lowest BCUT2D eigenvalue weighted by molar-refractivity contribution is -0.158. The second kappa shape index (κ2) is 6.61. The summed E-state index contributed by atoms with van der Waals surface area (Å²) in [5, 5.41) is 0. The molecule has 0 radical (unpaired) electrons. The van der Waals surface area contributed by atoms with Crippen LogP contribution in [0.3, 0.4) is 0 Å². The van der Waals surface area contributed by atoms with Crippen LogP contribution in [-0.2, 0) is 20.9 Å². The van der Waals surface area contributed by atoms with Gasteiger partial charge in [0.15, 0.2) is 28.7 Å². The van der Waals surface area contributed by atoms with E-state index in [0.717, 1.165) is 0 Å². The van der Waals surface area contributed by atoms with E-state index in [1.807, 2.05) is 6.92 Å². The molecule has 2 aromatic rings. The lowest BCUT2D eigenvalue weighted by Gasteiger charge is -2.40. The Morgan fingerprint density at radius 3 is 2.10 bits per heavy atom. The number of nitrogens with zero attached hydrogens (tertiary/aromatic N) is 1. The second-order valence-corrected chi connectivity index (χ2v) is 8.71. The average molecular weight is 399 g/mol. The van der Waals surface area contributed by atoms with Crippen molar-refractivity contribution in [2.75, 3.05) is 0 Å². The summed E-state index contributed by atoms with van der Waals surface area (Å²) in [6.07, 6.45) is 0.691. The van der Waals surface area contributed by atoms with Gasteiger partial charge in [0.25, 0.3) is 0 Å². The van der Waals surface area contributed by atoms with Gasteiger partial charge in [-0.05, 0) is 58.7 Å². The van der Waals surface area contributed by atoms with Gasteiger partial charge in [-0.1, -0.05) is 6.92 Å². The zero-order valence-corrected chi connectivity index (χ0v) is 17.5. The molecule has 1 aromatic carbocycles. The second-order valence-electron chi connectivity index (χ2n) is 8.71. The lowest BCUT2D eigenvalue weighted by atomic mass is 9.57. The van der Waals surface area contributed by atoms with Crippen molar-refractivity contribution >= 4 is 34.2 Å². The molecule has 0 aliphatic heterocycles. The molecule has 0 unspecified atom stereocenters. The first kappa shape index (κ1) is 20.9. The molecule has 1 heterocycles. The predicted octanol–water partition coefficient (Wildman–Crippen LogP) is 2.89. The smallest absolute Gasteiger partial charge is 0.408 e. The van der Waals surface area contributed by atoms with Crippen molar-refractivity contribution in [2.24, 2.45) is 16.7 Å². The summed E-state index contributed by atoms with van der Waals surface area (Å²) >= 11 is 0. The van der Waals surface area contributed by atoms with Gasteiger partial charge in [0, 0.05) is 12.1 Å². The Morgan fingerprint density at radius 1 is 1.03 bits per heavy atom. The minimum Gasteiger partial charge on any atom is -0.408 e. The molecule has 0 bridgehead atoms. The van der Waals surface area contributed by atoms with Gasteiger partial charge in [0.1, 0.15) is 5.92 Å². The van der Waals surface area contributed by atoms with Gasteiger partial charge < -0.3 is 4.42 Å². The van der Waals surface area contributed by atoms with Crippen LogP contribution in [0, 0.1) is 23.7 Å². The third-order valence-corrected chi connectivity index (χ3v) is 5.95. The highest BCUT2D eigenvalue weighted by Gasteiger charge is 2.60. The fourth-order valence-corrected chi connectivity index (χ4v) is 4.27. The van der Waals surface area contributed by atoms with Crippen LogP contribution in [-0.4, -0.2) is 27.7 Å². The van der Waals surface area contributed by atoms with E-state index in [0.29, 0.717) is 29.6 Å². The maximum Gasteiger partial charge on any atom is 0.419 e. The number of ketones is 4. The Balaban J connectivity index is 2.19. The number of carbonyl (C=O) groups excluding carboxylic acids is 4. The number of rotatable bonds is 4. The molecule has 0 saturated heterocycles. The maximum absolute atomic E-state index is 13.4. The molecular weight excluding hydrogens is 374 g/mol. The molecule has 1 fully saturated rings. The zero-order chi connectivity index (χ0) is 21.9. The van der Waals surface area contributed by atoms with Gasteiger partial charge in [-0.3, -0.25) is 23.7 Å². The SMILES string of the molecule is CCCn1c(=O)oc2ccc(C(=O)C3C(=O)C(C)(C)C(=O)C(C)(C)C3=O)c(C)c21. The number of carbonyl (C=O) groups is 4. The average Bonchev–Trinajstić information content (AvgIpc) is 2.96. The van der Waals surface area contributed by atoms with E-state index in [1.54, 1.807) is 6.92 Å². The third-order valence-electron chi connectivity index (χ3n) is 5.95. The standard InChI is InChI=1S/C22H25NO6/c1-7-10-23-15-11(2)12(8-9-13(15)29-20(23)28)16(24)14-17(25)21(3,4)19(27)22(5,6)18(14)26/h8-9,14H,7,10H2,1-6H3. The fraction of sp³-hybridized carbons (Fsp3) is 0.500. The molecule has 7 nitrogen and oxygen atoms in total. The lowest BCUT2D eigenvalue weighted by Crippen LogP contribution is -2.59. The number of Topliss-reactive ketones (excluding diaryl/α,β-unsaturated/α-hetero) is 4. The summed E-state index contributed by atoms with van der Waals surface area (Å²) in [5.41, 5.74) is -1.40. The van der Waals surface area contributed by atoms with E-state index in [-0.39, 0.29) is 5.56 Å². The summed E-state index contributed by atoms with van der Waals surface area (Å²) in [6.45, 7) is 9.81. The van der Waals surface area contributed by atoms with Gasteiger partial charge in [-0.15, -0.1) is 0 Å². The molecule has 1 aliphatic rings. The quantitative estimate of drug-likeness (QED) is 0.578. The minimum absolute atomic E-state index is 0.177. The highest BCUT2D eigenvalue weighted by atomic mass is 16.4. The molecule has 7 heteroatoms. The monoisotopic (exact) mass is 399 g/mol. The topological polar surface area (TPSA) is 103 Å². The Kier molecular flexibility index (Phi) is 4.76. The molecule has 3 rings (SSSR count). The van der Waals surface area contributed by atoms with Gasteiger partial charge in [0.2, 0.25) is 0 Å². The van der Waals surface area contributed by atoms with Crippen LogP contribution in [0.4, 0.5) is 0 Å². The largest absolute Gasteiger partial charge is 0.419 e. The molecule has 29 heavy (non-hydrogen) atoms. The summed E-state index contributed by atoms with van der Waals surface area (Å²) < 4.78 is 6.70. The number of aryl methyl sites for hydroxylation is 2. The van der Waals surface area contributed by atoms with E-state index >= 15 is 0 Å². The summed E-state index contributed by atoms with van der Waals surface area (Å²) in [4.78, 5) is 64.1. The van der Waals surface area contributed by atoms with E-state index < -0.39 is 45.6 Å². The molecule has 0 spiro atoms. The Morgan fingerprint density at radius 2 is 1.59 bits per heavy atom. The molecule has 0 N–H and O–H groups in total. The van der Waals surface area contributed by atoms with Crippen molar-refractivity contribution in [3.8, 4) is 0 Å². The first-order chi connectivity index (χ1) is 13.4. The van der Waals surface area contributed by atoms with Crippen LogP contribution >= 0.6 is 0 Å². The molecule has 0 amide bonds. The van der Waals surface area contributed by atoms with Gasteiger partial charge in [-0.2, -0.15) is 0 Å². The first-order valence-electron chi connectivity index (χ1n) is 9.68. The Labute approximate surface area is 168 Å². The molecule has 154 valence electrons. The number of hydrogen-bond donors (Lipinski definition) is 0. The van der Waals surface area contributed by atoms with Gasteiger partial charge in [-0.25, -0.2) is 4.79 Å². The van der Waals surface area contributed by atoms with Crippen molar-refractivity contribution in [2.45, 2.75) is 54.5 Å². The highest BCUT2D eigenvalue weighted by molar-refractivity contribution is 6.37. The molecule has 1 aliphatic carbocycles. The Hall–Kier alpha value is -2.83. The molecule has 1 aromatic heterocycles. The maximum atomic E-state index is 13.4. The van der Waals surface area contributed by atoms with Crippen molar-refractivity contribution in [1.29, 1.82) is 0 Å². The van der Waals surface area contributed by atoms with Crippen LogP contribution in [0.5, 0.6) is 0 Å². The number of benzene rings is 1. The van der Waals surface area contributed by atoms with Crippen LogP contribution in [0.2, 0.25) is 0 Å². The third kappa shape index (κ3) is 2.82. The number of hydrogen-bond acceptors (Lipinski definition) is 6. The van der Waals surface area contributed by atoms with Crippen molar-refractivity contribution in [1.82, 2.24) is 4.57 Å². The highest BCUT2D eigenvalue weighted by Crippen LogP contribution is 2.42.